The highest BCUT2D eigenvalue weighted by Crippen LogP contribution is 2.11. The first-order valence-corrected chi connectivity index (χ1v) is 5.99. The number of aromatic nitrogens is 1. The van der Waals surface area contributed by atoms with Crippen molar-refractivity contribution < 1.29 is 0 Å². The molecule has 78 valence electrons. The van der Waals surface area contributed by atoms with Gasteiger partial charge < -0.3 is 10.6 Å². The molecule has 2 N–H and O–H groups in total. The molecule has 0 aliphatic carbocycles. The summed E-state index contributed by atoms with van der Waals surface area (Å²) < 4.78 is 0. The maximum absolute atomic E-state index is 4.31. The van der Waals surface area contributed by atoms with Crippen molar-refractivity contribution in [3.05, 3.63) is 16.1 Å². The predicted octanol–water partition coefficient (Wildman–Crippen LogP) is 1.15. The molecule has 1 aromatic heterocycles. The van der Waals surface area contributed by atoms with Gasteiger partial charge in [-0.2, -0.15) is 0 Å². The molecule has 0 bridgehead atoms. The van der Waals surface area contributed by atoms with E-state index in [0.29, 0.717) is 0 Å². The van der Waals surface area contributed by atoms with Crippen molar-refractivity contribution in [2.75, 3.05) is 19.6 Å². The highest BCUT2D eigenvalue weighted by molar-refractivity contribution is 7.11. The lowest BCUT2D eigenvalue weighted by Crippen LogP contribution is -2.43. The van der Waals surface area contributed by atoms with Crippen molar-refractivity contribution in [1.82, 2.24) is 15.6 Å². The maximum atomic E-state index is 4.31. The van der Waals surface area contributed by atoms with Crippen molar-refractivity contribution in [2.45, 2.75) is 19.9 Å². The fourth-order valence-electron chi connectivity index (χ4n) is 1.54. The van der Waals surface area contributed by atoms with E-state index in [1.807, 2.05) is 6.20 Å². The monoisotopic (exact) mass is 211 g/mol. The second-order valence-electron chi connectivity index (χ2n) is 3.85. The van der Waals surface area contributed by atoms with Crippen LogP contribution in [0, 0.1) is 12.8 Å². The molecule has 3 nitrogen and oxygen atoms in total. The van der Waals surface area contributed by atoms with Crippen LogP contribution in [0.1, 0.15) is 16.3 Å². The Bertz CT molecular complexity index is 281. The second kappa shape index (κ2) is 4.87. The molecule has 4 heteroatoms. The predicted molar refractivity (Wildman–Crippen MR) is 59.5 cm³/mol. The van der Waals surface area contributed by atoms with Crippen LogP contribution in [0.25, 0.3) is 0 Å². The fourth-order valence-corrected chi connectivity index (χ4v) is 2.29. The van der Waals surface area contributed by atoms with Crippen LogP contribution in [0.3, 0.4) is 0 Å². The van der Waals surface area contributed by atoms with Crippen LogP contribution in [0.15, 0.2) is 6.20 Å². The standard InChI is InChI=1S/C10H17N3S/c1-8-4-13-10(14-8)7-11-3-2-9-5-12-6-9/h4,9,11-12H,2-3,5-7H2,1H3. The highest BCUT2D eigenvalue weighted by atomic mass is 32.1. The molecule has 2 heterocycles. The molecule has 1 saturated heterocycles. The number of nitrogens with zero attached hydrogens (tertiary/aromatic N) is 1. The highest BCUT2D eigenvalue weighted by Gasteiger charge is 2.15. The number of hydrogen-bond acceptors (Lipinski definition) is 4. The largest absolute Gasteiger partial charge is 0.316 e. The summed E-state index contributed by atoms with van der Waals surface area (Å²) in [6, 6.07) is 0. The lowest BCUT2D eigenvalue weighted by Gasteiger charge is -2.26. The Morgan fingerprint density at radius 1 is 1.64 bits per heavy atom. The van der Waals surface area contributed by atoms with E-state index in [1.165, 1.54) is 29.4 Å². The molecule has 0 unspecified atom stereocenters. The van der Waals surface area contributed by atoms with E-state index in [-0.39, 0.29) is 0 Å². The molecule has 0 spiro atoms. The Morgan fingerprint density at radius 3 is 3.07 bits per heavy atom. The van der Waals surface area contributed by atoms with E-state index in [2.05, 4.69) is 22.5 Å². The van der Waals surface area contributed by atoms with E-state index < -0.39 is 0 Å². The lowest BCUT2D eigenvalue weighted by atomic mass is 10.00. The molecule has 0 amide bonds. The van der Waals surface area contributed by atoms with Gasteiger partial charge in [0.1, 0.15) is 5.01 Å². The summed E-state index contributed by atoms with van der Waals surface area (Å²) in [7, 11) is 0. The van der Waals surface area contributed by atoms with Gasteiger partial charge in [-0.1, -0.05) is 0 Å². The number of aryl methyl sites for hydroxylation is 1. The smallest absolute Gasteiger partial charge is 0.107 e. The first-order chi connectivity index (χ1) is 6.84. The molecule has 0 saturated carbocycles. The van der Waals surface area contributed by atoms with Crippen molar-refractivity contribution in [3.8, 4) is 0 Å². The maximum Gasteiger partial charge on any atom is 0.107 e. The van der Waals surface area contributed by atoms with Crippen molar-refractivity contribution >= 4 is 11.3 Å². The summed E-state index contributed by atoms with van der Waals surface area (Å²) >= 11 is 1.78. The van der Waals surface area contributed by atoms with Gasteiger partial charge in [-0.05, 0) is 38.9 Å². The molecule has 14 heavy (non-hydrogen) atoms. The molecule has 0 radical (unpaired) electrons. The Hall–Kier alpha value is -0.450. The van der Waals surface area contributed by atoms with E-state index in [4.69, 9.17) is 0 Å². The topological polar surface area (TPSA) is 37.0 Å². The third-order valence-corrected chi connectivity index (χ3v) is 3.45. The van der Waals surface area contributed by atoms with Crippen LogP contribution in [-0.4, -0.2) is 24.6 Å². The molecule has 1 fully saturated rings. The minimum Gasteiger partial charge on any atom is -0.316 e. The van der Waals surface area contributed by atoms with Gasteiger partial charge in [-0.25, -0.2) is 4.98 Å². The molecule has 1 aliphatic heterocycles. The van der Waals surface area contributed by atoms with Crippen LogP contribution in [-0.2, 0) is 6.54 Å². The molecular formula is C10H17N3S. The normalized spacial score (nSPS) is 16.9. The average Bonchev–Trinajstić information content (AvgIpc) is 2.48. The Balaban J connectivity index is 1.58. The van der Waals surface area contributed by atoms with Gasteiger partial charge in [-0.15, -0.1) is 11.3 Å². The van der Waals surface area contributed by atoms with Crippen LogP contribution in [0.5, 0.6) is 0 Å². The summed E-state index contributed by atoms with van der Waals surface area (Å²) in [6.07, 6.45) is 3.23. The summed E-state index contributed by atoms with van der Waals surface area (Å²) in [5.41, 5.74) is 0. The van der Waals surface area contributed by atoms with Crippen LogP contribution < -0.4 is 10.6 Å². The minimum atomic E-state index is 0.903. The number of rotatable bonds is 5. The zero-order chi connectivity index (χ0) is 9.80. The zero-order valence-electron chi connectivity index (χ0n) is 8.55. The van der Waals surface area contributed by atoms with Gasteiger partial charge in [0.15, 0.2) is 0 Å². The van der Waals surface area contributed by atoms with Gasteiger partial charge >= 0.3 is 0 Å². The molecule has 1 aliphatic rings. The Labute approximate surface area is 88.9 Å². The van der Waals surface area contributed by atoms with Gasteiger partial charge in [0, 0.05) is 17.6 Å². The average molecular weight is 211 g/mol. The SMILES string of the molecule is Cc1cnc(CNCCC2CNC2)s1. The lowest BCUT2D eigenvalue weighted by molar-refractivity contribution is 0.322. The fraction of sp³-hybridized carbons (Fsp3) is 0.700. The molecule has 0 aromatic carbocycles. The quantitative estimate of drug-likeness (QED) is 0.717. The van der Waals surface area contributed by atoms with Crippen molar-refractivity contribution in [2.24, 2.45) is 5.92 Å². The van der Waals surface area contributed by atoms with Crippen LogP contribution in [0.4, 0.5) is 0 Å². The van der Waals surface area contributed by atoms with Crippen LogP contribution in [0.2, 0.25) is 0 Å². The summed E-state index contributed by atoms with van der Waals surface area (Å²) in [5, 5.41) is 7.92. The van der Waals surface area contributed by atoms with Gasteiger partial charge in [0.05, 0.1) is 0 Å². The van der Waals surface area contributed by atoms with Gasteiger partial charge in [0.25, 0.3) is 0 Å². The molecule has 2 rings (SSSR count). The summed E-state index contributed by atoms with van der Waals surface area (Å²) in [5.74, 6) is 0.903. The van der Waals surface area contributed by atoms with E-state index >= 15 is 0 Å². The van der Waals surface area contributed by atoms with Gasteiger partial charge in [-0.3, -0.25) is 0 Å². The first-order valence-electron chi connectivity index (χ1n) is 5.17. The molecule has 1 aromatic rings. The van der Waals surface area contributed by atoms with Crippen molar-refractivity contribution in [3.63, 3.8) is 0 Å². The third-order valence-electron chi connectivity index (χ3n) is 2.54. The molecular weight excluding hydrogens is 194 g/mol. The van der Waals surface area contributed by atoms with E-state index in [9.17, 15) is 0 Å². The summed E-state index contributed by atoms with van der Waals surface area (Å²) in [6.45, 7) is 6.56. The first kappa shape index (κ1) is 10.1. The van der Waals surface area contributed by atoms with E-state index in [1.54, 1.807) is 11.3 Å². The number of hydrogen-bond donors (Lipinski definition) is 2. The van der Waals surface area contributed by atoms with Crippen molar-refractivity contribution in [1.29, 1.82) is 0 Å². The third kappa shape index (κ3) is 2.77. The Kier molecular flexibility index (Phi) is 3.50. The minimum absolute atomic E-state index is 0.903. The summed E-state index contributed by atoms with van der Waals surface area (Å²) in [4.78, 5) is 5.61. The second-order valence-corrected chi connectivity index (χ2v) is 5.17. The molecule has 0 atom stereocenters. The van der Waals surface area contributed by atoms with Crippen LogP contribution >= 0.6 is 11.3 Å². The van der Waals surface area contributed by atoms with E-state index in [0.717, 1.165) is 19.0 Å². The Morgan fingerprint density at radius 2 is 2.50 bits per heavy atom. The van der Waals surface area contributed by atoms with Gasteiger partial charge in [0.2, 0.25) is 0 Å². The number of nitrogens with one attached hydrogen (secondary N) is 2. The zero-order valence-corrected chi connectivity index (χ0v) is 9.36. The number of thiazole rings is 1.